The average Bonchev–Trinajstić information content (AvgIpc) is 3.12. The van der Waals surface area contributed by atoms with Gasteiger partial charge in [0.2, 0.25) is 5.95 Å². The SMILES string of the molecule is CC(C)(CNc1nccc(N2Cc3ccccc3C2)n1)c1ccncc1. The third-order valence-electron chi connectivity index (χ3n) is 4.96. The number of nitrogens with zero attached hydrogens (tertiary/aromatic N) is 4. The minimum atomic E-state index is -0.0355. The van der Waals surface area contributed by atoms with Crippen LogP contribution in [0.3, 0.4) is 0 Å². The molecule has 0 aliphatic carbocycles. The number of rotatable bonds is 5. The fraction of sp³-hybridized carbons (Fsp3) is 0.286. The molecule has 3 heterocycles. The van der Waals surface area contributed by atoms with E-state index < -0.39 is 0 Å². The maximum Gasteiger partial charge on any atom is 0.224 e. The van der Waals surface area contributed by atoms with E-state index in [1.54, 1.807) is 0 Å². The molecule has 3 aromatic rings. The van der Waals surface area contributed by atoms with Crippen molar-refractivity contribution in [1.29, 1.82) is 0 Å². The van der Waals surface area contributed by atoms with Gasteiger partial charge < -0.3 is 10.2 Å². The van der Waals surface area contributed by atoms with Gasteiger partial charge in [0.05, 0.1) is 0 Å². The molecule has 132 valence electrons. The molecule has 0 unspecified atom stereocenters. The highest BCUT2D eigenvalue weighted by Gasteiger charge is 2.22. The van der Waals surface area contributed by atoms with Gasteiger partial charge in [-0.15, -0.1) is 0 Å². The summed E-state index contributed by atoms with van der Waals surface area (Å²) in [6, 6.07) is 14.7. The van der Waals surface area contributed by atoms with Gasteiger partial charge in [-0.3, -0.25) is 4.98 Å². The molecule has 1 aromatic carbocycles. The van der Waals surface area contributed by atoms with Crippen molar-refractivity contribution in [3.8, 4) is 0 Å². The third kappa shape index (κ3) is 3.38. The van der Waals surface area contributed by atoms with Gasteiger partial charge in [-0.25, -0.2) is 4.98 Å². The molecule has 0 saturated heterocycles. The lowest BCUT2D eigenvalue weighted by Gasteiger charge is -2.25. The first-order valence-electron chi connectivity index (χ1n) is 8.91. The molecular formula is C21H23N5. The van der Waals surface area contributed by atoms with Crippen molar-refractivity contribution in [3.05, 3.63) is 77.7 Å². The van der Waals surface area contributed by atoms with Crippen LogP contribution in [0.4, 0.5) is 11.8 Å². The smallest absolute Gasteiger partial charge is 0.224 e. The predicted molar refractivity (Wildman–Crippen MR) is 104 cm³/mol. The Morgan fingerprint density at radius 2 is 1.65 bits per heavy atom. The maximum absolute atomic E-state index is 4.73. The van der Waals surface area contributed by atoms with Gasteiger partial charge in [-0.05, 0) is 34.9 Å². The Kier molecular flexibility index (Phi) is 4.29. The van der Waals surface area contributed by atoms with Crippen molar-refractivity contribution < 1.29 is 0 Å². The highest BCUT2D eigenvalue weighted by molar-refractivity contribution is 5.49. The molecule has 5 nitrogen and oxygen atoms in total. The van der Waals surface area contributed by atoms with Crippen LogP contribution in [-0.2, 0) is 18.5 Å². The van der Waals surface area contributed by atoms with E-state index in [-0.39, 0.29) is 5.41 Å². The Hall–Kier alpha value is -2.95. The molecule has 0 atom stereocenters. The van der Waals surface area contributed by atoms with Crippen molar-refractivity contribution in [2.24, 2.45) is 0 Å². The minimum Gasteiger partial charge on any atom is -0.353 e. The maximum atomic E-state index is 4.73. The summed E-state index contributed by atoms with van der Waals surface area (Å²) in [7, 11) is 0. The van der Waals surface area contributed by atoms with Crippen LogP contribution in [-0.4, -0.2) is 21.5 Å². The zero-order valence-electron chi connectivity index (χ0n) is 15.2. The molecule has 2 aromatic heterocycles. The molecular weight excluding hydrogens is 322 g/mol. The van der Waals surface area contributed by atoms with Gasteiger partial charge in [-0.2, -0.15) is 4.98 Å². The van der Waals surface area contributed by atoms with Crippen molar-refractivity contribution in [3.63, 3.8) is 0 Å². The third-order valence-corrected chi connectivity index (χ3v) is 4.96. The van der Waals surface area contributed by atoms with Crippen molar-refractivity contribution >= 4 is 11.8 Å². The molecule has 0 saturated carbocycles. The van der Waals surface area contributed by atoms with E-state index in [4.69, 9.17) is 4.98 Å². The van der Waals surface area contributed by atoms with Gasteiger partial charge in [0.1, 0.15) is 5.82 Å². The van der Waals surface area contributed by atoms with E-state index in [0.29, 0.717) is 5.95 Å². The molecule has 0 radical (unpaired) electrons. The Labute approximate surface area is 154 Å². The first-order chi connectivity index (χ1) is 12.6. The molecule has 5 heteroatoms. The Balaban J connectivity index is 1.46. The number of aromatic nitrogens is 3. The Bertz CT molecular complexity index is 867. The van der Waals surface area contributed by atoms with Crippen LogP contribution in [0.25, 0.3) is 0 Å². The van der Waals surface area contributed by atoms with E-state index >= 15 is 0 Å². The first kappa shape index (κ1) is 16.5. The highest BCUT2D eigenvalue weighted by atomic mass is 15.2. The number of nitrogens with one attached hydrogen (secondary N) is 1. The van der Waals surface area contributed by atoms with Gasteiger partial charge in [0.15, 0.2) is 0 Å². The molecule has 1 N–H and O–H groups in total. The lowest BCUT2D eigenvalue weighted by molar-refractivity contribution is 0.554. The van der Waals surface area contributed by atoms with Crippen LogP contribution < -0.4 is 10.2 Å². The van der Waals surface area contributed by atoms with E-state index in [9.17, 15) is 0 Å². The number of pyridine rings is 1. The lowest BCUT2D eigenvalue weighted by Crippen LogP contribution is -2.28. The van der Waals surface area contributed by atoms with Crippen molar-refractivity contribution in [1.82, 2.24) is 15.0 Å². The van der Waals surface area contributed by atoms with Crippen LogP contribution in [0, 0.1) is 0 Å². The van der Waals surface area contributed by atoms with Gasteiger partial charge in [0, 0.05) is 43.6 Å². The Morgan fingerprint density at radius 1 is 0.962 bits per heavy atom. The fourth-order valence-corrected chi connectivity index (χ4v) is 3.31. The summed E-state index contributed by atoms with van der Waals surface area (Å²) < 4.78 is 0. The normalized spacial score (nSPS) is 13.5. The van der Waals surface area contributed by atoms with E-state index in [1.807, 2.05) is 24.7 Å². The summed E-state index contributed by atoms with van der Waals surface area (Å²) >= 11 is 0. The monoisotopic (exact) mass is 345 g/mol. The average molecular weight is 345 g/mol. The van der Waals surface area contributed by atoms with Crippen LogP contribution in [0.5, 0.6) is 0 Å². The lowest BCUT2D eigenvalue weighted by atomic mass is 9.85. The van der Waals surface area contributed by atoms with Crippen LogP contribution in [0.15, 0.2) is 61.1 Å². The van der Waals surface area contributed by atoms with E-state index in [2.05, 4.69) is 70.4 Å². The first-order valence-corrected chi connectivity index (χ1v) is 8.91. The largest absolute Gasteiger partial charge is 0.353 e. The van der Waals surface area contributed by atoms with Crippen molar-refractivity contribution in [2.75, 3.05) is 16.8 Å². The summed E-state index contributed by atoms with van der Waals surface area (Å²) in [5, 5.41) is 3.40. The van der Waals surface area contributed by atoms with Crippen LogP contribution in [0.2, 0.25) is 0 Å². The van der Waals surface area contributed by atoms with Gasteiger partial charge in [0.25, 0.3) is 0 Å². The van der Waals surface area contributed by atoms with E-state index in [0.717, 1.165) is 25.5 Å². The zero-order chi connectivity index (χ0) is 18.0. The molecule has 1 aliphatic heterocycles. The number of hydrogen-bond donors (Lipinski definition) is 1. The molecule has 4 rings (SSSR count). The van der Waals surface area contributed by atoms with Crippen LogP contribution in [0.1, 0.15) is 30.5 Å². The second kappa shape index (κ2) is 6.75. The summed E-state index contributed by atoms with van der Waals surface area (Å²) in [4.78, 5) is 15.5. The second-order valence-electron chi connectivity index (χ2n) is 7.34. The second-order valence-corrected chi connectivity index (χ2v) is 7.34. The molecule has 0 spiro atoms. The molecule has 26 heavy (non-hydrogen) atoms. The highest BCUT2D eigenvalue weighted by Crippen LogP contribution is 2.27. The summed E-state index contributed by atoms with van der Waals surface area (Å²) in [6.45, 7) is 6.96. The number of fused-ring (bicyclic) bond motifs is 1. The number of anilines is 2. The quantitative estimate of drug-likeness (QED) is 0.763. The van der Waals surface area contributed by atoms with Gasteiger partial charge >= 0.3 is 0 Å². The van der Waals surface area contributed by atoms with Gasteiger partial charge in [-0.1, -0.05) is 38.1 Å². The fourth-order valence-electron chi connectivity index (χ4n) is 3.31. The topological polar surface area (TPSA) is 53.9 Å². The number of benzene rings is 1. The molecule has 0 amide bonds. The summed E-state index contributed by atoms with van der Waals surface area (Å²) in [6.07, 6.45) is 5.49. The summed E-state index contributed by atoms with van der Waals surface area (Å²) in [5.74, 6) is 1.63. The standard InChI is InChI=1S/C21H23N5/c1-21(2,18-7-10-22-11-8-18)15-24-20-23-12-9-19(25-20)26-13-16-5-3-4-6-17(16)14-26/h3-12H,13-15H2,1-2H3,(H,23,24,25). The Morgan fingerprint density at radius 3 is 2.35 bits per heavy atom. The predicted octanol–water partition coefficient (Wildman–Crippen LogP) is 3.78. The van der Waals surface area contributed by atoms with Crippen molar-refractivity contribution in [2.45, 2.75) is 32.4 Å². The summed E-state index contributed by atoms with van der Waals surface area (Å²) in [5.41, 5.74) is 3.96. The molecule has 0 fully saturated rings. The molecule has 0 bridgehead atoms. The van der Waals surface area contributed by atoms with E-state index in [1.165, 1.54) is 16.7 Å². The molecule has 1 aliphatic rings. The van der Waals surface area contributed by atoms with Crippen LogP contribution >= 0.6 is 0 Å². The number of hydrogen-bond acceptors (Lipinski definition) is 5. The minimum absolute atomic E-state index is 0.0355. The zero-order valence-corrected chi connectivity index (χ0v) is 15.2.